The lowest BCUT2D eigenvalue weighted by molar-refractivity contribution is -0.139. The second kappa shape index (κ2) is 9.03. The van der Waals surface area contributed by atoms with Crippen LogP contribution in [0.4, 0.5) is 10.5 Å². The summed E-state index contributed by atoms with van der Waals surface area (Å²) in [5.74, 6) is 0.531. The average Bonchev–Trinajstić information content (AvgIpc) is 3.02. The van der Waals surface area contributed by atoms with Gasteiger partial charge in [0.1, 0.15) is 5.75 Å². The van der Waals surface area contributed by atoms with Crippen LogP contribution in [0.3, 0.4) is 0 Å². The Morgan fingerprint density at radius 2 is 1.57 bits per heavy atom. The monoisotopic (exact) mass is 381 g/mol. The molecule has 7 nitrogen and oxygen atoms in total. The van der Waals surface area contributed by atoms with E-state index in [1.807, 2.05) is 24.3 Å². The fourth-order valence-corrected chi connectivity index (χ4v) is 2.96. The third-order valence-corrected chi connectivity index (χ3v) is 4.57. The number of urea groups is 1. The highest BCUT2D eigenvalue weighted by Crippen LogP contribution is 2.17. The molecular formula is C21H23N3O4. The Labute approximate surface area is 163 Å². The molecular weight excluding hydrogens is 358 g/mol. The lowest BCUT2D eigenvalue weighted by atomic mass is 10.1. The van der Waals surface area contributed by atoms with Gasteiger partial charge in [-0.15, -0.1) is 0 Å². The first-order chi connectivity index (χ1) is 13.5. The van der Waals surface area contributed by atoms with Gasteiger partial charge in [0.05, 0.1) is 13.7 Å². The molecule has 0 aliphatic carbocycles. The number of nitrogens with zero attached hydrogens (tertiary/aromatic N) is 1. The Kier molecular flexibility index (Phi) is 6.26. The third kappa shape index (κ3) is 5.09. The third-order valence-electron chi connectivity index (χ3n) is 4.57. The molecule has 146 valence electrons. The number of carbonyl (C=O) groups excluding carboxylic acids is 3. The van der Waals surface area contributed by atoms with E-state index in [0.717, 1.165) is 16.9 Å². The number of rotatable bonds is 7. The van der Waals surface area contributed by atoms with E-state index in [2.05, 4.69) is 10.6 Å². The van der Waals surface area contributed by atoms with E-state index in [1.54, 1.807) is 31.4 Å². The van der Waals surface area contributed by atoms with Gasteiger partial charge in [-0.05, 0) is 41.8 Å². The zero-order valence-electron chi connectivity index (χ0n) is 15.7. The maximum Gasteiger partial charge on any atom is 0.319 e. The van der Waals surface area contributed by atoms with Crippen LogP contribution in [-0.2, 0) is 22.6 Å². The molecule has 1 aliphatic heterocycles. The molecule has 4 amide bonds. The highest BCUT2D eigenvalue weighted by molar-refractivity contribution is 6.01. The first kappa shape index (κ1) is 19.4. The maximum atomic E-state index is 12.0. The number of hydrogen-bond donors (Lipinski definition) is 2. The lowest BCUT2D eigenvalue weighted by Crippen LogP contribution is -2.30. The Hall–Kier alpha value is -3.35. The van der Waals surface area contributed by atoms with Crippen LogP contribution in [0.2, 0.25) is 0 Å². The fraction of sp³-hybridized carbons (Fsp3) is 0.286. The summed E-state index contributed by atoms with van der Waals surface area (Å²) >= 11 is 0. The summed E-state index contributed by atoms with van der Waals surface area (Å²) < 4.78 is 5.12. The molecule has 0 unspecified atom stereocenters. The molecule has 28 heavy (non-hydrogen) atoms. The Morgan fingerprint density at radius 3 is 2.18 bits per heavy atom. The molecule has 2 N–H and O–H groups in total. The summed E-state index contributed by atoms with van der Waals surface area (Å²) in [7, 11) is 1.62. The smallest absolute Gasteiger partial charge is 0.319 e. The van der Waals surface area contributed by atoms with Crippen LogP contribution in [0.25, 0.3) is 0 Å². The fourth-order valence-electron chi connectivity index (χ4n) is 2.96. The number of anilines is 1. The van der Waals surface area contributed by atoms with Gasteiger partial charge in [-0.1, -0.05) is 24.3 Å². The molecule has 1 saturated heterocycles. The normalized spacial score (nSPS) is 13.5. The number of amides is 4. The van der Waals surface area contributed by atoms with Crippen LogP contribution in [0, 0.1) is 0 Å². The van der Waals surface area contributed by atoms with E-state index in [4.69, 9.17) is 4.74 Å². The van der Waals surface area contributed by atoms with E-state index in [1.165, 1.54) is 4.90 Å². The molecule has 0 aromatic heterocycles. The van der Waals surface area contributed by atoms with Crippen molar-refractivity contribution in [3.8, 4) is 5.75 Å². The van der Waals surface area contributed by atoms with Crippen LogP contribution >= 0.6 is 0 Å². The van der Waals surface area contributed by atoms with E-state index in [9.17, 15) is 14.4 Å². The van der Waals surface area contributed by atoms with Gasteiger partial charge in [-0.25, -0.2) is 4.79 Å². The number of benzene rings is 2. The number of ether oxygens (including phenoxy) is 1. The minimum Gasteiger partial charge on any atom is -0.497 e. The van der Waals surface area contributed by atoms with Gasteiger partial charge >= 0.3 is 6.03 Å². The van der Waals surface area contributed by atoms with E-state index in [0.29, 0.717) is 18.7 Å². The SMILES string of the molecule is COc1ccc(CCNC(=O)Nc2ccc(CN3C(=O)CCC3=O)cc2)cc1. The molecule has 0 atom stereocenters. The summed E-state index contributed by atoms with van der Waals surface area (Å²) in [6.45, 7) is 0.779. The van der Waals surface area contributed by atoms with Crippen molar-refractivity contribution in [1.82, 2.24) is 10.2 Å². The van der Waals surface area contributed by atoms with Gasteiger partial charge in [0.15, 0.2) is 0 Å². The Bertz CT molecular complexity index is 831. The van der Waals surface area contributed by atoms with Crippen molar-refractivity contribution in [2.75, 3.05) is 19.0 Å². The second-order valence-corrected chi connectivity index (χ2v) is 6.55. The largest absolute Gasteiger partial charge is 0.497 e. The molecule has 2 aromatic rings. The van der Waals surface area contributed by atoms with Crippen molar-refractivity contribution >= 4 is 23.5 Å². The lowest BCUT2D eigenvalue weighted by Gasteiger charge is -2.14. The van der Waals surface area contributed by atoms with Gasteiger partial charge in [0, 0.05) is 25.1 Å². The van der Waals surface area contributed by atoms with Gasteiger partial charge in [0.25, 0.3) is 0 Å². The summed E-state index contributed by atoms with van der Waals surface area (Å²) in [5, 5.41) is 5.58. The summed E-state index contributed by atoms with van der Waals surface area (Å²) in [5.41, 5.74) is 2.59. The van der Waals surface area contributed by atoms with E-state index in [-0.39, 0.29) is 37.2 Å². The second-order valence-electron chi connectivity index (χ2n) is 6.55. The highest BCUT2D eigenvalue weighted by Gasteiger charge is 2.28. The van der Waals surface area contributed by atoms with Gasteiger partial charge in [-0.3, -0.25) is 14.5 Å². The topological polar surface area (TPSA) is 87.7 Å². The van der Waals surface area contributed by atoms with Crippen LogP contribution in [0.15, 0.2) is 48.5 Å². The van der Waals surface area contributed by atoms with Crippen molar-refractivity contribution in [3.63, 3.8) is 0 Å². The highest BCUT2D eigenvalue weighted by atomic mass is 16.5. The number of carbonyl (C=O) groups is 3. The minimum atomic E-state index is -0.286. The van der Waals surface area contributed by atoms with Crippen LogP contribution < -0.4 is 15.4 Å². The zero-order valence-corrected chi connectivity index (χ0v) is 15.7. The summed E-state index contributed by atoms with van der Waals surface area (Å²) in [6.07, 6.45) is 1.29. The molecule has 0 bridgehead atoms. The molecule has 0 radical (unpaired) electrons. The average molecular weight is 381 g/mol. The van der Waals surface area contributed by atoms with Gasteiger partial charge in [-0.2, -0.15) is 0 Å². The zero-order chi connectivity index (χ0) is 19.9. The summed E-state index contributed by atoms with van der Waals surface area (Å²) in [6, 6.07) is 14.5. The van der Waals surface area contributed by atoms with Gasteiger partial charge < -0.3 is 15.4 Å². The molecule has 0 spiro atoms. The number of imide groups is 1. The molecule has 1 aliphatic rings. The number of nitrogens with one attached hydrogen (secondary N) is 2. The van der Waals surface area contributed by atoms with Crippen molar-refractivity contribution in [3.05, 3.63) is 59.7 Å². The standard InChI is InChI=1S/C21H23N3O4/c1-28-18-8-4-15(5-9-18)12-13-22-21(27)23-17-6-2-16(3-7-17)14-24-19(25)10-11-20(24)26/h2-9H,10-14H2,1H3,(H2,22,23,27). The maximum absolute atomic E-state index is 12.0. The van der Waals surface area contributed by atoms with Crippen molar-refractivity contribution in [1.29, 1.82) is 0 Å². The number of likely N-dealkylation sites (tertiary alicyclic amines) is 1. The predicted octanol–water partition coefficient (Wildman–Crippen LogP) is 2.71. The molecule has 3 rings (SSSR count). The van der Waals surface area contributed by atoms with Crippen LogP contribution in [-0.4, -0.2) is 36.4 Å². The van der Waals surface area contributed by atoms with Crippen molar-refractivity contribution < 1.29 is 19.1 Å². The Morgan fingerprint density at radius 1 is 0.964 bits per heavy atom. The summed E-state index contributed by atoms with van der Waals surface area (Å²) in [4.78, 5) is 36.6. The predicted molar refractivity (Wildman–Crippen MR) is 105 cm³/mol. The van der Waals surface area contributed by atoms with E-state index >= 15 is 0 Å². The van der Waals surface area contributed by atoms with E-state index < -0.39 is 0 Å². The molecule has 2 aromatic carbocycles. The quantitative estimate of drug-likeness (QED) is 0.722. The molecule has 1 fully saturated rings. The van der Waals surface area contributed by atoms with Crippen LogP contribution in [0.1, 0.15) is 24.0 Å². The molecule has 0 saturated carbocycles. The Balaban J connectivity index is 1.43. The first-order valence-corrected chi connectivity index (χ1v) is 9.15. The molecule has 7 heteroatoms. The molecule has 1 heterocycles. The van der Waals surface area contributed by atoms with Crippen molar-refractivity contribution in [2.24, 2.45) is 0 Å². The minimum absolute atomic E-state index is 0.136. The van der Waals surface area contributed by atoms with Crippen molar-refractivity contribution in [2.45, 2.75) is 25.8 Å². The van der Waals surface area contributed by atoms with Crippen LogP contribution in [0.5, 0.6) is 5.75 Å². The number of methoxy groups -OCH3 is 1. The number of hydrogen-bond acceptors (Lipinski definition) is 4. The first-order valence-electron chi connectivity index (χ1n) is 9.15. The van der Waals surface area contributed by atoms with Gasteiger partial charge in [0.2, 0.25) is 11.8 Å².